The van der Waals surface area contributed by atoms with Crippen molar-refractivity contribution >= 4 is 22.4 Å². The van der Waals surface area contributed by atoms with Crippen molar-refractivity contribution in [1.82, 2.24) is 4.98 Å². The van der Waals surface area contributed by atoms with Gasteiger partial charge >= 0.3 is 5.97 Å². The molecular weight excluding hydrogens is 200 g/mol. The maximum Gasteiger partial charge on any atom is 0.329 e. The summed E-state index contributed by atoms with van der Waals surface area (Å²) in [5.74, 6) is -0.759. The second kappa shape index (κ2) is 3.24. The molecule has 2 heterocycles. The number of aromatic nitrogens is 1. The van der Waals surface area contributed by atoms with E-state index in [1.807, 2.05) is 10.3 Å². The molecule has 1 aromatic rings. The first kappa shape index (κ1) is 9.45. The normalized spacial score (nSPS) is 26.8. The van der Waals surface area contributed by atoms with Gasteiger partial charge in [0.2, 0.25) is 0 Å². The van der Waals surface area contributed by atoms with Gasteiger partial charge in [-0.1, -0.05) is 0 Å². The van der Waals surface area contributed by atoms with Crippen molar-refractivity contribution < 1.29 is 9.90 Å². The van der Waals surface area contributed by atoms with E-state index < -0.39 is 11.5 Å². The van der Waals surface area contributed by atoms with E-state index in [1.165, 1.54) is 11.3 Å². The SMILES string of the molecule is CC1(C(=O)O)CCCN1c1nccs1. The summed E-state index contributed by atoms with van der Waals surface area (Å²) in [6.45, 7) is 2.56. The molecule has 14 heavy (non-hydrogen) atoms. The highest BCUT2D eigenvalue weighted by Gasteiger charge is 2.44. The van der Waals surface area contributed by atoms with Gasteiger partial charge in [-0.15, -0.1) is 11.3 Å². The fourth-order valence-corrected chi connectivity index (χ4v) is 2.63. The van der Waals surface area contributed by atoms with Gasteiger partial charge in [-0.2, -0.15) is 0 Å². The smallest absolute Gasteiger partial charge is 0.329 e. The van der Waals surface area contributed by atoms with Gasteiger partial charge in [0.05, 0.1) is 0 Å². The lowest BCUT2D eigenvalue weighted by atomic mass is 10.00. The number of anilines is 1. The van der Waals surface area contributed by atoms with Crippen LogP contribution in [0, 0.1) is 0 Å². The Labute approximate surface area is 86.2 Å². The summed E-state index contributed by atoms with van der Waals surface area (Å²) in [6, 6.07) is 0. The van der Waals surface area contributed by atoms with Crippen LogP contribution < -0.4 is 4.90 Å². The number of rotatable bonds is 2. The second-order valence-electron chi connectivity index (χ2n) is 3.65. The number of carboxylic acid groups (broad SMARTS) is 1. The Hall–Kier alpha value is -1.10. The van der Waals surface area contributed by atoms with Crippen molar-refractivity contribution in [2.75, 3.05) is 11.4 Å². The van der Waals surface area contributed by atoms with Crippen LogP contribution in [0.3, 0.4) is 0 Å². The van der Waals surface area contributed by atoms with E-state index in [0.29, 0.717) is 6.42 Å². The maximum absolute atomic E-state index is 11.2. The molecule has 0 amide bonds. The molecule has 1 aliphatic rings. The minimum absolute atomic E-state index is 0.696. The van der Waals surface area contributed by atoms with Gasteiger partial charge < -0.3 is 10.0 Å². The lowest BCUT2D eigenvalue weighted by Crippen LogP contribution is -2.48. The highest BCUT2D eigenvalue weighted by molar-refractivity contribution is 7.13. The quantitative estimate of drug-likeness (QED) is 0.808. The van der Waals surface area contributed by atoms with Crippen LogP contribution in [0.5, 0.6) is 0 Å². The van der Waals surface area contributed by atoms with Crippen LogP contribution in [0.15, 0.2) is 11.6 Å². The zero-order valence-corrected chi connectivity index (χ0v) is 8.75. The average Bonchev–Trinajstić information content (AvgIpc) is 2.72. The molecule has 0 bridgehead atoms. The Morgan fingerprint density at radius 3 is 3.14 bits per heavy atom. The van der Waals surface area contributed by atoms with Crippen LogP contribution in [0.25, 0.3) is 0 Å². The van der Waals surface area contributed by atoms with E-state index in [9.17, 15) is 9.90 Å². The Morgan fingerprint density at radius 2 is 2.57 bits per heavy atom. The number of hydrogen-bond donors (Lipinski definition) is 1. The van der Waals surface area contributed by atoms with Gasteiger partial charge in [0.25, 0.3) is 0 Å². The first-order valence-electron chi connectivity index (χ1n) is 4.55. The molecule has 5 heteroatoms. The second-order valence-corrected chi connectivity index (χ2v) is 4.52. The number of thiazole rings is 1. The molecule has 0 saturated carbocycles. The van der Waals surface area contributed by atoms with Gasteiger partial charge in [0, 0.05) is 18.1 Å². The number of aliphatic carboxylic acids is 1. The molecule has 76 valence electrons. The zero-order valence-electron chi connectivity index (χ0n) is 7.93. The Morgan fingerprint density at radius 1 is 1.79 bits per heavy atom. The summed E-state index contributed by atoms with van der Waals surface area (Å²) in [7, 11) is 0. The number of hydrogen-bond acceptors (Lipinski definition) is 4. The van der Waals surface area contributed by atoms with Crippen LogP contribution in [0.4, 0.5) is 5.13 Å². The van der Waals surface area contributed by atoms with Crippen LogP contribution >= 0.6 is 11.3 Å². The molecule has 2 rings (SSSR count). The van der Waals surface area contributed by atoms with Crippen molar-refractivity contribution in [1.29, 1.82) is 0 Å². The van der Waals surface area contributed by atoms with Gasteiger partial charge in [0.15, 0.2) is 5.13 Å². The molecule has 1 saturated heterocycles. The van der Waals surface area contributed by atoms with Gasteiger partial charge in [-0.3, -0.25) is 0 Å². The van der Waals surface area contributed by atoms with Crippen molar-refractivity contribution in [3.63, 3.8) is 0 Å². The summed E-state index contributed by atoms with van der Waals surface area (Å²) < 4.78 is 0. The Kier molecular flexibility index (Phi) is 2.19. The number of carboxylic acids is 1. The van der Waals surface area contributed by atoms with Crippen molar-refractivity contribution in [2.45, 2.75) is 25.3 Å². The highest BCUT2D eigenvalue weighted by Crippen LogP contribution is 2.34. The highest BCUT2D eigenvalue weighted by atomic mass is 32.1. The number of nitrogens with zero attached hydrogens (tertiary/aromatic N) is 2. The van der Waals surface area contributed by atoms with Crippen LogP contribution in [-0.4, -0.2) is 28.1 Å². The molecule has 0 spiro atoms. The van der Waals surface area contributed by atoms with E-state index in [2.05, 4.69) is 4.98 Å². The first-order valence-corrected chi connectivity index (χ1v) is 5.43. The van der Waals surface area contributed by atoms with E-state index >= 15 is 0 Å². The molecular formula is C9H12N2O2S. The topological polar surface area (TPSA) is 53.4 Å². The third-order valence-electron chi connectivity index (χ3n) is 2.75. The molecule has 1 unspecified atom stereocenters. The van der Waals surface area contributed by atoms with Crippen LogP contribution in [-0.2, 0) is 4.79 Å². The minimum atomic E-state index is -0.766. The predicted octanol–water partition coefficient (Wildman–Crippen LogP) is 1.59. The lowest BCUT2D eigenvalue weighted by molar-refractivity contribution is -0.142. The van der Waals surface area contributed by atoms with Crippen LogP contribution in [0.1, 0.15) is 19.8 Å². The summed E-state index contributed by atoms with van der Waals surface area (Å²) in [4.78, 5) is 17.2. The molecule has 0 aromatic carbocycles. The Balaban J connectivity index is 2.32. The molecule has 1 aliphatic heterocycles. The molecule has 1 N–H and O–H groups in total. The van der Waals surface area contributed by atoms with E-state index in [1.54, 1.807) is 13.1 Å². The van der Waals surface area contributed by atoms with E-state index in [4.69, 9.17) is 0 Å². The predicted molar refractivity (Wildman–Crippen MR) is 54.7 cm³/mol. The van der Waals surface area contributed by atoms with E-state index in [-0.39, 0.29) is 0 Å². The van der Waals surface area contributed by atoms with Gasteiger partial charge in [0.1, 0.15) is 5.54 Å². The van der Waals surface area contributed by atoms with Crippen molar-refractivity contribution in [2.24, 2.45) is 0 Å². The standard InChI is InChI=1S/C9H12N2O2S/c1-9(7(12)13)3-2-5-11(9)8-10-4-6-14-8/h4,6H,2-3,5H2,1H3,(H,12,13). The summed E-state index contributed by atoms with van der Waals surface area (Å²) in [6.07, 6.45) is 3.32. The average molecular weight is 212 g/mol. The fraction of sp³-hybridized carbons (Fsp3) is 0.556. The van der Waals surface area contributed by atoms with Crippen molar-refractivity contribution in [3.8, 4) is 0 Å². The molecule has 1 aromatic heterocycles. The van der Waals surface area contributed by atoms with Crippen LogP contribution in [0.2, 0.25) is 0 Å². The molecule has 1 atom stereocenters. The first-order chi connectivity index (χ1) is 6.64. The minimum Gasteiger partial charge on any atom is -0.480 e. The van der Waals surface area contributed by atoms with Gasteiger partial charge in [-0.25, -0.2) is 9.78 Å². The Bertz CT molecular complexity index is 339. The summed E-state index contributed by atoms with van der Waals surface area (Å²) in [5, 5.41) is 11.9. The molecule has 4 nitrogen and oxygen atoms in total. The summed E-state index contributed by atoms with van der Waals surface area (Å²) >= 11 is 1.49. The van der Waals surface area contributed by atoms with E-state index in [0.717, 1.165) is 18.1 Å². The lowest BCUT2D eigenvalue weighted by Gasteiger charge is -2.30. The molecule has 0 aliphatic carbocycles. The monoisotopic (exact) mass is 212 g/mol. The molecule has 0 radical (unpaired) electrons. The van der Waals surface area contributed by atoms with Crippen molar-refractivity contribution in [3.05, 3.63) is 11.6 Å². The van der Waals surface area contributed by atoms with Gasteiger partial charge in [-0.05, 0) is 19.8 Å². The zero-order chi connectivity index (χ0) is 10.2. The third-order valence-corrected chi connectivity index (χ3v) is 3.55. The largest absolute Gasteiger partial charge is 0.480 e. The fourth-order valence-electron chi connectivity index (χ4n) is 1.84. The maximum atomic E-state index is 11.2. The molecule has 1 fully saturated rings. The number of carbonyl (C=O) groups is 1. The summed E-state index contributed by atoms with van der Waals surface area (Å²) in [5.41, 5.74) is -0.766. The third kappa shape index (κ3) is 1.28.